The first-order chi connectivity index (χ1) is 14.8. The topological polar surface area (TPSA) is 69.0 Å². The van der Waals surface area contributed by atoms with Gasteiger partial charge in [0.1, 0.15) is 5.75 Å². The van der Waals surface area contributed by atoms with Gasteiger partial charge in [0, 0.05) is 12.2 Å². The van der Waals surface area contributed by atoms with Crippen LogP contribution in [0.4, 0.5) is 5.69 Å². The SMILES string of the molecule is CCn1c(SCC(=O)Nc2cc(C)ccc2C)nnc1C(C)Oc1cccc(C)c1C. The van der Waals surface area contributed by atoms with Gasteiger partial charge < -0.3 is 14.6 Å². The predicted molar refractivity (Wildman–Crippen MR) is 126 cm³/mol. The minimum absolute atomic E-state index is 0.0643. The molecule has 6 nitrogen and oxygen atoms in total. The Morgan fingerprint density at radius 2 is 1.90 bits per heavy atom. The molecule has 0 saturated heterocycles. The summed E-state index contributed by atoms with van der Waals surface area (Å²) < 4.78 is 8.19. The van der Waals surface area contributed by atoms with Gasteiger partial charge in [-0.25, -0.2) is 0 Å². The quantitative estimate of drug-likeness (QED) is 0.477. The lowest BCUT2D eigenvalue weighted by molar-refractivity contribution is -0.113. The number of aromatic nitrogens is 3. The number of ether oxygens (including phenoxy) is 1. The highest BCUT2D eigenvalue weighted by atomic mass is 32.2. The molecule has 1 aromatic heterocycles. The zero-order valence-electron chi connectivity index (χ0n) is 19.0. The number of hydrogen-bond donors (Lipinski definition) is 1. The summed E-state index contributed by atoms with van der Waals surface area (Å²) in [4.78, 5) is 12.5. The summed E-state index contributed by atoms with van der Waals surface area (Å²) >= 11 is 1.38. The standard InChI is InChI=1S/C24H30N4O2S/c1-7-28-23(19(6)30-21-10-8-9-16(3)18(21)5)26-27-24(28)31-14-22(29)25-20-13-15(2)11-12-17(20)4/h8-13,19H,7,14H2,1-6H3,(H,25,29). The van der Waals surface area contributed by atoms with E-state index in [4.69, 9.17) is 4.74 Å². The average Bonchev–Trinajstić information content (AvgIpc) is 3.15. The molecule has 0 fully saturated rings. The van der Waals surface area contributed by atoms with Gasteiger partial charge in [-0.2, -0.15) is 0 Å². The van der Waals surface area contributed by atoms with E-state index in [1.54, 1.807) is 0 Å². The summed E-state index contributed by atoms with van der Waals surface area (Å²) in [5, 5.41) is 12.4. The molecule has 31 heavy (non-hydrogen) atoms. The summed E-state index contributed by atoms with van der Waals surface area (Å²) in [5.74, 6) is 1.80. The lowest BCUT2D eigenvalue weighted by atomic mass is 10.1. The summed E-state index contributed by atoms with van der Waals surface area (Å²) in [7, 11) is 0. The Hall–Kier alpha value is -2.80. The molecule has 1 atom stereocenters. The van der Waals surface area contributed by atoms with Crippen molar-refractivity contribution in [2.24, 2.45) is 0 Å². The Kier molecular flexibility index (Phi) is 7.38. The van der Waals surface area contributed by atoms with E-state index in [9.17, 15) is 4.79 Å². The van der Waals surface area contributed by atoms with E-state index >= 15 is 0 Å². The van der Waals surface area contributed by atoms with Crippen LogP contribution in [-0.4, -0.2) is 26.4 Å². The number of nitrogens with one attached hydrogen (secondary N) is 1. The molecule has 1 heterocycles. The minimum atomic E-state index is -0.258. The lowest BCUT2D eigenvalue weighted by Gasteiger charge is -2.17. The Balaban J connectivity index is 1.67. The fraction of sp³-hybridized carbons (Fsp3) is 0.375. The molecule has 1 unspecified atom stereocenters. The lowest BCUT2D eigenvalue weighted by Crippen LogP contribution is -2.16. The van der Waals surface area contributed by atoms with Gasteiger partial charge in [0.15, 0.2) is 17.1 Å². The van der Waals surface area contributed by atoms with Crippen LogP contribution >= 0.6 is 11.8 Å². The number of carbonyl (C=O) groups excluding carboxylic acids is 1. The second kappa shape index (κ2) is 10.0. The monoisotopic (exact) mass is 438 g/mol. The summed E-state index contributed by atoms with van der Waals surface area (Å²) in [6.07, 6.45) is -0.258. The summed E-state index contributed by atoms with van der Waals surface area (Å²) in [6, 6.07) is 12.1. The smallest absolute Gasteiger partial charge is 0.234 e. The summed E-state index contributed by atoms with van der Waals surface area (Å²) in [6.45, 7) is 12.8. The Bertz CT molecular complexity index is 1080. The fourth-order valence-electron chi connectivity index (χ4n) is 3.29. The van der Waals surface area contributed by atoms with Crippen LogP contribution in [0.1, 0.15) is 48.0 Å². The van der Waals surface area contributed by atoms with Crippen molar-refractivity contribution >= 4 is 23.4 Å². The maximum absolute atomic E-state index is 12.5. The predicted octanol–water partition coefficient (Wildman–Crippen LogP) is 5.40. The van der Waals surface area contributed by atoms with Crippen molar-refractivity contribution < 1.29 is 9.53 Å². The van der Waals surface area contributed by atoms with Crippen molar-refractivity contribution in [3.05, 3.63) is 64.5 Å². The van der Waals surface area contributed by atoms with Crippen LogP contribution in [-0.2, 0) is 11.3 Å². The van der Waals surface area contributed by atoms with Crippen LogP contribution < -0.4 is 10.1 Å². The van der Waals surface area contributed by atoms with E-state index in [0.29, 0.717) is 11.7 Å². The third kappa shape index (κ3) is 5.47. The highest BCUT2D eigenvalue weighted by Crippen LogP contribution is 2.28. The van der Waals surface area contributed by atoms with Gasteiger partial charge in [-0.1, -0.05) is 36.0 Å². The number of amides is 1. The van der Waals surface area contributed by atoms with Gasteiger partial charge in [-0.15, -0.1) is 10.2 Å². The van der Waals surface area contributed by atoms with Gasteiger partial charge in [0.05, 0.1) is 5.75 Å². The van der Waals surface area contributed by atoms with Crippen molar-refractivity contribution in [1.29, 1.82) is 0 Å². The van der Waals surface area contributed by atoms with E-state index in [-0.39, 0.29) is 17.8 Å². The molecule has 0 aliphatic carbocycles. The molecular formula is C24H30N4O2S. The van der Waals surface area contributed by atoms with E-state index in [1.165, 1.54) is 17.3 Å². The number of thioether (sulfide) groups is 1. The van der Waals surface area contributed by atoms with Gasteiger partial charge >= 0.3 is 0 Å². The number of benzene rings is 2. The molecule has 0 bridgehead atoms. The number of hydrogen-bond acceptors (Lipinski definition) is 5. The molecule has 0 radical (unpaired) electrons. The molecular weight excluding hydrogens is 408 g/mol. The first kappa shape index (κ1) is 22.9. The van der Waals surface area contributed by atoms with Gasteiger partial charge in [-0.3, -0.25) is 4.79 Å². The molecule has 2 aromatic carbocycles. The normalized spacial score (nSPS) is 11.9. The molecule has 0 spiro atoms. The second-order valence-electron chi connectivity index (χ2n) is 7.70. The third-order valence-corrected chi connectivity index (χ3v) is 6.25. The van der Waals surface area contributed by atoms with Crippen LogP contribution in [0, 0.1) is 27.7 Å². The van der Waals surface area contributed by atoms with Crippen molar-refractivity contribution in [1.82, 2.24) is 14.8 Å². The molecule has 0 aliphatic rings. The van der Waals surface area contributed by atoms with Crippen molar-refractivity contribution in [3.63, 3.8) is 0 Å². The van der Waals surface area contributed by atoms with Crippen LogP contribution in [0.5, 0.6) is 5.75 Å². The minimum Gasteiger partial charge on any atom is -0.482 e. The number of nitrogens with zero attached hydrogens (tertiary/aromatic N) is 3. The zero-order chi connectivity index (χ0) is 22.5. The number of aryl methyl sites for hydroxylation is 3. The molecule has 3 rings (SSSR count). The molecule has 0 saturated carbocycles. The number of carbonyl (C=O) groups is 1. The van der Waals surface area contributed by atoms with Gasteiger partial charge in [0.2, 0.25) is 5.91 Å². The van der Waals surface area contributed by atoms with Crippen LogP contribution in [0.15, 0.2) is 41.6 Å². The highest BCUT2D eigenvalue weighted by Gasteiger charge is 2.20. The molecule has 7 heteroatoms. The van der Waals surface area contributed by atoms with Crippen molar-refractivity contribution in [2.75, 3.05) is 11.1 Å². The fourth-order valence-corrected chi connectivity index (χ4v) is 4.10. The highest BCUT2D eigenvalue weighted by molar-refractivity contribution is 7.99. The number of rotatable bonds is 8. The first-order valence-corrected chi connectivity index (χ1v) is 11.4. The largest absolute Gasteiger partial charge is 0.482 e. The van der Waals surface area contributed by atoms with Gasteiger partial charge in [0.25, 0.3) is 0 Å². The summed E-state index contributed by atoms with van der Waals surface area (Å²) in [5.41, 5.74) is 5.31. The van der Waals surface area contributed by atoms with Crippen LogP contribution in [0.3, 0.4) is 0 Å². The average molecular weight is 439 g/mol. The van der Waals surface area contributed by atoms with E-state index in [1.807, 2.05) is 62.6 Å². The Morgan fingerprint density at radius 3 is 2.65 bits per heavy atom. The van der Waals surface area contributed by atoms with Crippen LogP contribution in [0.25, 0.3) is 0 Å². The Labute approximate surface area is 188 Å². The zero-order valence-corrected chi connectivity index (χ0v) is 19.8. The maximum Gasteiger partial charge on any atom is 0.234 e. The van der Waals surface area contributed by atoms with Crippen molar-refractivity contribution in [2.45, 2.75) is 59.3 Å². The van der Waals surface area contributed by atoms with Crippen LogP contribution in [0.2, 0.25) is 0 Å². The van der Waals surface area contributed by atoms with E-state index < -0.39 is 0 Å². The molecule has 1 amide bonds. The van der Waals surface area contributed by atoms with E-state index in [2.05, 4.69) is 35.4 Å². The maximum atomic E-state index is 12.5. The van der Waals surface area contributed by atoms with Crippen molar-refractivity contribution in [3.8, 4) is 5.75 Å². The third-order valence-electron chi connectivity index (χ3n) is 5.28. The Morgan fingerprint density at radius 1 is 1.13 bits per heavy atom. The number of anilines is 1. The van der Waals surface area contributed by atoms with E-state index in [0.717, 1.165) is 34.0 Å². The molecule has 0 aliphatic heterocycles. The molecule has 3 aromatic rings. The second-order valence-corrected chi connectivity index (χ2v) is 8.64. The molecule has 1 N–H and O–H groups in total. The van der Waals surface area contributed by atoms with Gasteiger partial charge in [-0.05, 0) is 75.9 Å². The molecule has 164 valence electrons. The first-order valence-electron chi connectivity index (χ1n) is 10.5.